The molecule has 2 aromatic rings. The second kappa shape index (κ2) is 7.89. The molecule has 1 aromatic carbocycles. The third kappa shape index (κ3) is 4.27. The molecule has 5 nitrogen and oxygen atoms in total. The standard InChI is InChI=1S/C17H20N3O2/c1-3-17(20-9-11-21-12-10-20)4-2-16(1)14-22-19-13-15-5-7-18-8-6-15/h1-8H,9-14H2. The van der Waals surface area contributed by atoms with Crippen LogP contribution in [0.2, 0.25) is 0 Å². The predicted molar refractivity (Wildman–Crippen MR) is 84.3 cm³/mol. The summed E-state index contributed by atoms with van der Waals surface area (Å²) >= 11 is 0. The van der Waals surface area contributed by atoms with Crippen LogP contribution in [0.1, 0.15) is 11.1 Å². The third-order valence-corrected chi connectivity index (χ3v) is 3.63. The number of hydrogen-bond acceptors (Lipinski definition) is 4. The van der Waals surface area contributed by atoms with Crippen molar-refractivity contribution < 1.29 is 9.57 Å². The van der Waals surface area contributed by atoms with E-state index in [-0.39, 0.29) is 0 Å². The molecule has 22 heavy (non-hydrogen) atoms. The van der Waals surface area contributed by atoms with E-state index < -0.39 is 0 Å². The minimum Gasteiger partial charge on any atom is -0.378 e. The topological polar surface area (TPSA) is 48.7 Å². The lowest BCUT2D eigenvalue weighted by Gasteiger charge is -2.28. The number of rotatable bonds is 6. The molecule has 2 heterocycles. The summed E-state index contributed by atoms with van der Waals surface area (Å²) in [6, 6.07) is 12.3. The molecule has 0 atom stereocenters. The first-order valence-corrected chi connectivity index (χ1v) is 7.51. The molecule has 0 unspecified atom stereocenters. The van der Waals surface area contributed by atoms with Gasteiger partial charge >= 0.3 is 0 Å². The van der Waals surface area contributed by atoms with Gasteiger partial charge < -0.3 is 9.64 Å². The highest BCUT2D eigenvalue weighted by Crippen LogP contribution is 2.17. The number of hydroxylamine groups is 1. The van der Waals surface area contributed by atoms with Crippen molar-refractivity contribution in [2.75, 3.05) is 31.2 Å². The summed E-state index contributed by atoms with van der Waals surface area (Å²) in [5.74, 6) is 0. The Labute approximate surface area is 130 Å². The average molecular weight is 298 g/mol. The molecule has 5 heteroatoms. The van der Waals surface area contributed by atoms with E-state index in [0.29, 0.717) is 13.2 Å². The van der Waals surface area contributed by atoms with E-state index in [9.17, 15) is 0 Å². The van der Waals surface area contributed by atoms with E-state index in [1.165, 1.54) is 5.69 Å². The Kier molecular flexibility index (Phi) is 5.37. The van der Waals surface area contributed by atoms with Gasteiger partial charge in [-0.25, -0.2) is 0 Å². The second-order valence-corrected chi connectivity index (χ2v) is 5.18. The first-order valence-electron chi connectivity index (χ1n) is 7.51. The third-order valence-electron chi connectivity index (χ3n) is 3.63. The van der Waals surface area contributed by atoms with E-state index in [2.05, 4.69) is 39.6 Å². The molecule has 1 fully saturated rings. The monoisotopic (exact) mass is 298 g/mol. The summed E-state index contributed by atoms with van der Waals surface area (Å²) in [6.45, 7) is 4.56. The summed E-state index contributed by atoms with van der Waals surface area (Å²) in [5, 5.41) is 0. The smallest absolute Gasteiger partial charge is 0.0953 e. The highest BCUT2D eigenvalue weighted by molar-refractivity contribution is 5.47. The Morgan fingerprint density at radius 3 is 2.45 bits per heavy atom. The molecule has 3 rings (SSSR count). The molecular formula is C17H20N3O2. The number of pyridine rings is 1. The van der Waals surface area contributed by atoms with E-state index in [1.807, 2.05) is 12.1 Å². The lowest BCUT2D eigenvalue weighted by Crippen LogP contribution is -2.36. The van der Waals surface area contributed by atoms with Gasteiger partial charge in [-0.3, -0.25) is 9.82 Å². The van der Waals surface area contributed by atoms with Crippen LogP contribution < -0.4 is 10.4 Å². The molecule has 0 bridgehead atoms. The van der Waals surface area contributed by atoms with Crippen molar-refractivity contribution in [1.82, 2.24) is 10.5 Å². The zero-order valence-corrected chi connectivity index (χ0v) is 12.5. The molecule has 1 aliphatic heterocycles. The average Bonchev–Trinajstić information content (AvgIpc) is 2.61. The molecule has 0 amide bonds. The maximum absolute atomic E-state index is 5.38. The Morgan fingerprint density at radius 2 is 1.73 bits per heavy atom. The lowest BCUT2D eigenvalue weighted by molar-refractivity contribution is 0.0152. The summed E-state index contributed by atoms with van der Waals surface area (Å²) in [6.07, 6.45) is 3.52. The number of nitrogens with zero attached hydrogens (tertiary/aromatic N) is 3. The fraction of sp³-hybridized carbons (Fsp3) is 0.353. The quantitative estimate of drug-likeness (QED) is 0.606. The number of hydrogen-bond donors (Lipinski definition) is 0. The minimum atomic E-state index is 0.495. The van der Waals surface area contributed by atoms with Crippen LogP contribution in [0, 0.1) is 0 Å². The van der Waals surface area contributed by atoms with E-state index in [4.69, 9.17) is 9.57 Å². The van der Waals surface area contributed by atoms with Crippen molar-refractivity contribution in [3.8, 4) is 0 Å². The largest absolute Gasteiger partial charge is 0.378 e. The number of aromatic nitrogens is 1. The molecule has 1 saturated heterocycles. The normalized spacial score (nSPS) is 15.0. The van der Waals surface area contributed by atoms with Crippen LogP contribution in [-0.2, 0) is 22.7 Å². The van der Waals surface area contributed by atoms with Crippen LogP contribution in [0.4, 0.5) is 5.69 Å². The van der Waals surface area contributed by atoms with Gasteiger partial charge in [0.15, 0.2) is 0 Å². The molecule has 0 aliphatic carbocycles. The number of morpholine rings is 1. The van der Waals surface area contributed by atoms with Crippen LogP contribution in [0.3, 0.4) is 0 Å². The number of anilines is 1. The Hall–Kier alpha value is -1.95. The molecule has 0 N–H and O–H groups in total. The summed E-state index contributed by atoms with van der Waals surface area (Å²) in [7, 11) is 0. The molecule has 1 aliphatic rings. The SMILES string of the molecule is c1cc(C[N]OCc2ccc(N3CCOCC3)cc2)ccn1. The summed E-state index contributed by atoms with van der Waals surface area (Å²) < 4.78 is 5.37. The zero-order chi connectivity index (χ0) is 15.0. The molecule has 115 valence electrons. The van der Waals surface area contributed by atoms with Crippen molar-refractivity contribution in [3.05, 3.63) is 59.9 Å². The fourth-order valence-electron chi connectivity index (χ4n) is 2.35. The van der Waals surface area contributed by atoms with Gasteiger partial charge in [0.05, 0.1) is 26.4 Å². The molecule has 0 spiro atoms. The molecule has 1 radical (unpaired) electrons. The van der Waals surface area contributed by atoms with Crippen molar-refractivity contribution in [2.45, 2.75) is 13.2 Å². The maximum atomic E-state index is 5.38. The maximum Gasteiger partial charge on any atom is 0.0953 e. The lowest BCUT2D eigenvalue weighted by atomic mass is 10.2. The van der Waals surface area contributed by atoms with Gasteiger partial charge in [-0.05, 0) is 35.4 Å². The summed E-state index contributed by atoms with van der Waals surface area (Å²) in [4.78, 5) is 11.7. The minimum absolute atomic E-state index is 0.495. The van der Waals surface area contributed by atoms with Gasteiger partial charge in [-0.1, -0.05) is 17.6 Å². The van der Waals surface area contributed by atoms with Crippen LogP contribution >= 0.6 is 0 Å². The van der Waals surface area contributed by atoms with Crippen LogP contribution in [0.5, 0.6) is 0 Å². The number of ether oxygens (including phenoxy) is 1. The van der Waals surface area contributed by atoms with Crippen molar-refractivity contribution >= 4 is 5.69 Å². The summed E-state index contributed by atoms with van der Waals surface area (Å²) in [5.41, 5.74) is 7.55. The van der Waals surface area contributed by atoms with Crippen molar-refractivity contribution in [3.63, 3.8) is 0 Å². The van der Waals surface area contributed by atoms with E-state index in [0.717, 1.165) is 37.4 Å². The fourth-order valence-corrected chi connectivity index (χ4v) is 2.35. The van der Waals surface area contributed by atoms with Crippen molar-refractivity contribution in [2.24, 2.45) is 0 Å². The molecule has 1 aromatic heterocycles. The zero-order valence-electron chi connectivity index (χ0n) is 12.5. The highest BCUT2D eigenvalue weighted by Gasteiger charge is 2.10. The second-order valence-electron chi connectivity index (χ2n) is 5.18. The van der Waals surface area contributed by atoms with Crippen LogP contribution in [0.15, 0.2) is 48.8 Å². The van der Waals surface area contributed by atoms with Gasteiger partial charge in [0, 0.05) is 31.2 Å². The number of benzene rings is 1. The first-order chi connectivity index (χ1) is 10.9. The van der Waals surface area contributed by atoms with E-state index in [1.54, 1.807) is 12.4 Å². The van der Waals surface area contributed by atoms with Crippen LogP contribution in [-0.4, -0.2) is 31.3 Å². The van der Waals surface area contributed by atoms with Gasteiger partial charge in [0.1, 0.15) is 0 Å². The van der Waals surface area contributed by atoms with Gasteiger partial charge in [-0.15, -0.1) is 0 Å². The Bertz CT molecular complexity index is 554. The van der Waals surface area contributed by atoms with E-state index >= 15 is 0 Å². The molecule has 0 saturated carbocycles. The van der Waals surface area contributed by atoms with Gasteiger partial charge in [0.25, 0.3) is 0 Å². The van der Waals surface area contributed by atoms with Gasteiger partial charge in [0.2, 0.25) is 0 Å². The Balaban J connectivity index is 1.43. The molecular weight excluding hydrogens is 278 g/mol. The first kappa shape index (κ1) is 15.0. The van der Waals surface area contributed by atoms with Crippen LogP contribution in [0.25, 0.3) is 0 Å². The predicted octanol–water partition coefficient (Wildman–Crippen LogP) is 2.15. The van der Waals surface area contributed by atoms with Crippen molar-refractivity contribution in [1.29, 1.82) is 0 Å². The Morgan fingerprint density at radius 1 is 1.00 bits per heavy atom. The van der Waals surface area contributed by atoms with Gasteiger partial charge in [-0.2, -0.15) is 0 Å². The highest BCUT2D eigenvalue weighted by atomic mass is 16.6.